The molecule has 3 aromatic heterocycles. The minimum absolute atomic E-state index is 0.254. The summed E-state index contributed by atoms with van der Waals surface area (Å²) in [5.41, 5.74) is 4.64. The Morgan fingerprint density at radius 1 is 0.885 bits per heavy atom. The first kappa shape index (κ1) is 15.1. The number of phenols is 1. The Kier molecular flexibility index (Phi) is 3.48. The maximum atomic E-state index is 9.51. The molecule has 1 aliphatic rings. The highest BCUT2D eigenvalue weighted by Gasteiger charge is 2.18. The molecular formula is C20H19N5O. The van der Waals surface area contributed by atoms with E-state index in [-0.39, 0.29) is 5.75 Å². The third-order valence-electron chi connectivity index (χ3n) is 5.16. The van der Waals surface area contributed by atoms with Gasteiger partial charge in [0.1, 0.15) is 5.75 Å². The first-order chi connectivity index (χ1) is 12.8. The predicted octanol–water partition coefficient (Wildman–Crippen LogP) is 4.08. The summed E-state index contributed by atoms with van der Waals surface area (Å²) >= 11 is 0. The van der Waals surface area contributed by atoms with Crippen LogP contribution in [0.15, 0.2) is 55.2 Å². The summed E-state index contributed by atoms with van der Waals surface area (Å²) in [6.45, 7) is 0. The van der Waals surface area contributed by atoms with Gasteiger partial charge in [0, 0.05) is 23.5 Å². The van der Waals surface area contributed by atoms with Gasteiger partial charge in [-0.2, -0.15) is 5.10 Å². The number of nitrogens with zero attached hydrogens (tertiary/aromatic N) is 5. The molecule has 0 aliphatic heterocycles. The second-order valence-corrected chi connectivity index (χ2v) is 6.84. The van der Waals surface area contributed by atoms with E-state index < -0.39 is 0 Å². The first-order valence-corrected chi connectivity index (χ1v) is 8.95. The molecule has 0 unspecified atom stereocenters. The number of imidazole rings is 1. The highest BCUT2D eigenvalue weighted by Crippen LogP contribution is 2.30. The number of phenolic OH excluding ortho intramolecular Hbond substituents is 1. The molecule has 5 rings (SSSR count). The summed E-state index contributed by atoms with van der Waals surface area (Å²) in [6.07, 6.45) is 14.6. The molecule has 26 heavy (non-hydrogen) atoms. The summed E-state index contributed by atoms with van der Waals surface area (Å²) in [5.74, 6) is 0.254. The van der Waals surface area contributed by atoms with Crippen LogP contribution in [0.4, 0.5) is 0 Å². The molecule has 0 spiro atoms. The monoisotopic (exact) mass is 345 g/mol. The Balaban J connectivity index is 1.55. The van der Waals surface area contributed by atoms with Crippen LogP contribution in [0.1, 0.15) is 31.7 Å². The number of aromatic nitrogens is 5. The lowest BCUT2D eigenvalue weighted by Gasteiger charge is -2.08. The molecular weight excluding hydrogens is 326 g/mol. The summed E-state index contributed by atoms with van der Waals surface area (Å²) in [4.78, 5) is 9.00. The average molecular weight is 345 g/mol. The van der Waals surface area contributed by atoms with Gasteiger partial charge >= 0.3 is 0 Å². The lowest BCUT2D eigenvalue weighted by atomic mass is 10.1. The predicted molar refractivity (Wildman–Crippen MR) is 98.8 cm³/mol. The van der Waals surface area contributed by atoms with E-state index in [4.69, 9.17) is 0 Å². The SMILES string of the molecule is Oc1ccc(-c2cnc3cnc(-c4cnn(C5CCCC5)c4)cn23)cc1. The van der Waals surface area contributed by atoms with Crippen molar-refractivity contribution in [2.45, 2.75) is 31.7 Å². The van der Waals surface area contributed by atoms with Gasteiger partial charge in [-0.1, -0.05) is 12.8 Å². The lowest BCUT2D eigenvalue weighted by Crippen LogP contribution is -2.04. The van der Waals surface area contributed by atoms with E-state index in [2.05, 4.69) is 25.9 Å². The highest BCUT2D eigenvalue weighted by molar-refractivity contribution is 5.66. The van der Waals surface area contributed by atoms with E-state index in [1.165, 1.54) is 25.7 Å². The molecule has 0 bridgehead atoms. The van der Waals surface area contributed by atoms with Crippen LogP contribution in [-0.2, 0) is 0 Å². The molecule has 4 aromatic rings. The maximum Gasteiger partial charge on any atom is 0.155 e. The molecule has 6 nitrogen and oxygen atoms in total. The minimum Gasteiger partial charge on any atom is -0.508 e. The third kappa shape index (κ3) is 2.54. The van der Waals surface area contributed by atoms with Crippen molar-refractivity contribution in [1.82, 2.24) is 24.1 Å². The van der Waals surface area contributed by atoms with Gasteiger partial charge in [0.2, 0.25) is 0 Å². The van der Waals surface area contributed by atoms with Crippen molar-refractivity contribution in [1.29, 1.82) is 0 Å². The van der Waals surface area contributed by atoms with Gasteiger partial charge in [-0.15, -0.1) is 0 Å². The summed E-state index contributed by atoms with van der Waals surface area (Å²) in [6, 6.07) is 7.66. The van der Waals surface area contributed by atoms with Gasteiger partial charge in [-0.25, -0.2) is 4.98 Å². The fraction of sp³-hybridized carbons (Fsp3) is 0.250. The van der Waals surface area contributed by atoms with Crippen molar-refractivity contribution in [3.63, 3.8) is 0 Å². The lowest BCUT2D eigenvalue weighted by molar-refractivity contribution is 0.467. The van der Waals surface area contributed by atoms with Crippen molar-refractivity contribution in [3.05, 3.63) is 55.2 Å². The van der Waals surface area contributed by atoms with Crippen molar-refractivity contribution >= 4 is 5.65 Å². The largest absolute Gasteiger partial charge is 0.508 e. The highest BCUT2D eigenvalue weighted by atomic mass is 16.3. The first-order valence-electron chi connectivity index (χ1n) is 8.95. The van der Waals surface area contributed by atoms with Gasteiger partial charge in [0.15, 0.2) is 5.65 Å². The van der Waals surface area contributed by atoms with E-state index in [1.54, 1.807) is 18.3 Å². The molecule has 0 radical (unpaired) electrons. The van der Waals surface area contributed by atoms with Gasteiger partial charge in [0.05, 0.1) is 36.0 Å². The van der Waals surface area contributed by atoms with E-state index in [9.17, 15) is 5.11 Å². The topological polar surface area (TPSA) is 68.2 Å². The zero-order valence-electron chi connectivity index (χ0n) is 14.3. The van der Waals surface area contributed by atoms with Crippen LogP contribution < -0.4 is 0 Å². The molecule has 6 heteroatoms. The molecule has 0 amide bonds. The Morgan fingerprint density at radius 2 is 1.69 bits per heavy atom. The normalized spacial score (nSPS) is 15.1. The van der Waals surface area contributed by atoms with Crippen LogP contribution in [0.5, 0.6) is 5.75 Å². The summed E-state index contributed by atoms with van der Waals surface area (Å²) in [7, 11) is 0. The van der Waals surface area contributed by atoms with Gasteiger partial charge < -0.3 is 5.11 Å². The quantitative estimate of drug-likeness (QED) is 0.607. The molecule has 1 N–H and O–H groups in total. The molecule has 130 valence electrons. The fourth-order valence-electron chi connectivity index (χ4n) is 3.72. The van der Waals surface area contributed by atoms with Crippen molar-refractivity contribution < 1.29 is 5.11 Å². The van der Waals surface area contributed by atoms with Gasteiger partial charge in [-0.05, 0) is 37.1 Å². The zero-order chi connectivity index (χ0) is 17.5. The van der Waals surface area contributed by atoms with E-state index in [0.29, 0.717) is 6.04 Å². The van der Waals surface area contributed by atoms with Crippen LogP contribution in [-0.4, -0.2) is 29.3 Å². The summed E-state index contributed by atoms with van der Waals surface area (Å²) < 4.78 is 4.12. The van der Waals surface area contributed by atoms with Crippen molar-refractivity contribution in [2.75, 3.05) is 0 Å². The van der Waals surface area contributed by atoms with Gasteiger partial charge in [0.25, 0.3) is 0 Å². The minimum atomic E-state index is 0.254. The zero-order valence-corrected chi connectivity index (χ0v) is 14.3. The maximum absolute atomic E-state index is 9.51. The van der Waals surface area contributed by atoms with Crippen molar-refractivity contribution in [2.24, 2.45) is 0 Å². The number of hydrogen-bond acceptors (Lipinski definition) is 4. The number of aromatic hydroxyl groups is 1. The van der Waals surface area contributed by atoms with Crippen LogP contribution in [0.2, 0.25) is 0 Å². The van der Waals surface area contributed by atoms with Gasteiger partial charge in [-0.3, -0.25) is 14.1 Å². The number of fused-ring (bicyclic) bond motifs is 1. The fourth-order valence-corrected chi connectivity index (χ4v) is 3.72. The van der Waals surface area contributed by atoms with E-state index >= 15 is 0 Å². The van der Waals surface area contributed by atoms with Crippen LogP contribution in [0, 0.1) is 0 Å². The standard InChI is InChI=1S/C20H19N5O/c26-17-7-5-14(6-8-17)19-10-22-20-11-21-18(13-24(19)20)15-9-23-25(12-15)16-3-1-2-4-16/h5-13,16,26H,1-4H2. The molecule has 3 heterocycles. The second-order valence-electron chi connectivity index (χ2n) is 6.84. The molecule has 1 aliphatic carbocycles. The Morgan fingerprint density at radius 3 is 2.50 bits per heavy atom. The van der Waals surface area contributed by atoms with E-state index in [0.717, 1.165) is 28.2 Å². The third-order valence-corrected chi connectivity index (χ3v) is 5.16. The van der Waals surface area contributed by atoms with Crippen molar-refractivity contribution in [3.8, 4) is 28.3 Å². The van der Waals surface area contributed by atoms with E-state index in [1.807, 2.05) is 35.1 Å². The molecule has 1 aromatic carbocycles. The number of benzene rings is 1. The second kappa shape index (κ2) is 5.98. The average Bonchev–Trinajstić information content (AvgIpc) is 3.41. The molecule has 0 atom stereocenters. The summed E-state index contributed by atoms with van der Waals surface area (Å²) in [5, 5.41) is 14.1. The number of hydrogen-bond donors (Lipinski definition) is 1. The number of rotatable bonds is 3. The van der Waals surface area contributed by atoms with Crippen LogP contribution >= 0.6 is 0 Å². The molecule has 1 fully saturated rings. The smallest absolute Gasteiger partial charge is 0.155 e. The van der Waals surface area contributed by atoms with Crippen LogP contribution in [0.25, 0.3) is 28.2 Å². The molecule has 0 saturated heterocycles. The Labute approximate surface area is 150 Å². The molecule has 1 saturated carbocycles. The Bertz CT molecular complexity index is 1060. The van der Waals surface area contributed by atoms with Crippen LogP contribution in [0.3, 0.4) is 0 Å². The Hall–Kier alpha value is -3.15.